The van der Waals surface area contributed by atoms with Gasteiger partial charge in [-0.2, -0.15) is 0 Å². The van der Waals surface area contributed by atoms with Gasteiger partial charge in [-0.25, -0.2) is 0 Å². The maximum atomic E-state index is 11.6. The third kappa shape index (κ3) is 6.31. The van der Waals surface area contributed by atoms with Gasteiger partial charge >= 0.3 is 0 Å². The van der Waals surface area contributed by atoms with Crippen molar-refractivity contribution in [1.29, 1.82) is 0 Å². The normalized spacial score (nSPS) is 11.8. The lowest BCUT2D eigenvalue weighted by Crippen LogP contribution is -2.47. The number of carbonyl (C=O) groups is 2. The molecule has 6 nitrogen and oxygen atoms in total. The maximum absolute atomic E-state index is 11.6. The quantitative estimate of drug-likeness (QED) is 0.616. The van der Waals surface area contributed by atoms with Crippen LogP contribution in [0.4, 0.5) is 0 Å². The highest BCUT2D eigenvalue weighted by molar-refractivity contribution is 5.87. The minimum Gasteiger partial charge on any atom is -0.382 e. The van der Waals surface area contributed by atoms with E-state index in [2.05, 4.69) is 5.32 Å². The summed E-state index contributed by atoms with van der Waals surface area (Å²) in [6.07, 6.45) is 0.361. The zero-order chi connectivity index (χ0) is 14.8. The molecule has 0 aromatic heterocycles. The standard InChI is InChI=1S/C14H20N2O4/c1-19-7-8-20-10-13(17)16-12(14(15)18)9-11-5-3-2-4-6-11/h2-6,12H,7-10H2,1H3,(H2,15,18)(H,16,17)/t12-/m1/s1. The predicted molar refractivity (Wildman–Crippen MR) is 74.0 cm³/mol. The molecule has 0 heterocycles. The second kappa shape index (κ2) is 9.06. The molecule has 1 rings (SSSR count). The number of hydrogen-bond acceptors (Lipinski definition) is 4. The van der Waals surface area contributed by atoms with Crippen molar-refractivity contribution in [2.24, 2.45) is 5.73 Å². The average Bonchev–Trinajstić information content (AvgIpc) is 2.44. The van der Waals surface area contributed by atoms with Crippen LogP contribution in [-0.2, 0) is 25.5 Å². The summed E-state index contributed by atoms with van der Waals surface area (Å²) in [5, 5.41) is 2.56. The molecule has 0 saturated carbocycles. The molecule has 6 heteroatoms. The lowest BCUT2D eigenvalue weighted by Gasteiger charge is -2.15. The Morgan fingerprint density at radius 3 is 2.55 bits per heavy atom. The first kappa shape index (κ1) is 16.1. The van der Waals surface area contributed by atoms with E-state index in [0.717, 1.165) is 5.56 Å². The van der Waals surface area contributed by atoms with Crippen LogP contribution in [0.15, 0.2) is 30.3 Å². The number of nitrogens with one attached hydrogen (secondary N) is 1. The maximum Gasteiger partial charge on any atom is 0.246 e. The summed E-state index contributed by atoms with van der Waals surface area (Å²) in [4.78, 5) is 23.0. The molecule has 0 radical (unpaired) electrons. The molecule has 3 N–H and O–H groups in total. The molecule has 0 spiro atoms. The number of nitrogens with two attached hydrogens (primary N) is 1. The monoisotopic (exact) mass is 280 g/mol. The summed E-state index contributed by atoms with van der Waals surface area (Å²) >= 11 is 0. The Bertz CT molecular complexity index is 422. The van der Waals surface area contributed by atoms with Gasteiger partial charge in [-0.3, -0.25) is 9.59 Å². The molecule has 110 valence electrons. The first-order valence-corrected chi connectivity index (χ1v) is 6.32. The van der Waals surface area contributed by atoms with Crippen molar-refractivity contribution in [3.8, 4) is 0 Å². The van der Waals surface area contributed by atoms with E-state index < -0.39 is 11.9 Å². The topological polar surface area (TPSA) is 90.7 Å². The minimum atomic E-state index is -0.740. The summed E-state index contributed by atoms with van der Waals surface area (Å²) in [6.45, 7) is 0.613. The number of methoxy groups -OCH3 is 1. The van der Waals surface area contributed by atoms with E-state index in [9.17, 15) is 9.59 Å². The van der Waals surface area contributed by atoms with Crippen molar-refractivity contribution in [3.05, 3.63) is 35.9 Å². The molecule has 0 fully saturated rings. The van der Waals surface area contributed by atoms with E-state index in [1.807, 2.05) is 30.3 Å². The van der Waals surface area contributed by atoms with Crippen LogP contribution in [0.25, 0.3) is 0 Å². The molecule has 0 saturated heterocycles. The SMILES string of the molecule is COCCOCC(=O)N[C@H](Cc1ccccc1)C(N)=O. The van der Waals surface area contributed by atoms with Crippen LogP contribution >= 0.6 is 0 Å². The largest absolute Gasteiger partial charge is 0.382 e. The molecule has 1 aromatic rings. The summed E-state index contributed by atoms with van der Waals surface area (Å²) in [5.74, 6) is -0.945. The molecular weight excluding hydrogens is 260 g/mol. The predicted octanol–water partition coefficient (Wildman–Crippen LogP) is -0.138. The van der Waals surface area contributed by atoms with E-state index in [1.54, 1.807) is 7.11 Å². The van der Waals surface area contributed by atoms with Crippen LogP contribution in [0.5, 0.6) is 0 Å². The molecule has 0 aliphatic heterocycles. The Morgan fingerprint density at radius 1 is 1.25 bits per heavy atom. The van der Waals surface area contributed by atoms with Gasteiger partial charge in [0.25, 0.3) is 0 Å². The van der Waals surface area contributed by atoms with Crippen LogP contribution in [-0.4, -0.2) is 44.8 Å². The van der Waals surface area contributed by atoms with E-state index >= 15 is 0 Å². The number of carbonyl (C=O) groups excluding carboxylic acids is 2. The Labute approximate surface area is 118 Å². The van der Waals surface area contributed by atoms with Crippen LogP contribution in [0.2, 0.25) is 0 Å². The Morgan fingerprint density at radius 2 is 1.95 bits per heavy atom. The van der Waals surface area contributed by atoms with Gasteiger partial charge in [0.05, 0.1) is 13.2 Å². The van der Waals surface area contributed by atoms with Gasteiger partial charge in [0.15, 0.2) is 0 Å². The lowest BCUT2D eigenvalue weighted by atomic mass is 10.1. The van der Waals surface area contributed by atoms with Gasteiger partial charge in [-0.05, 0) is 5.56 Å². The highest BCUT2D eigenvalue weighted by Crippen LogP contribution is 2.03. The van der Waals surface area contributed by atoms with Crippen LogP contribution in [0.3, 0.4) is 0 Å². The Hall–Kier alpha value is -1.92. The molecule has 1 atom stereocenters. The third-order valence-corrected chi connectivity index (χ3v) is 2.63. The molecule has 0 aliphatic rings. The zero-order valence-electron chi connectivity index (χ0n) is 11.5. The summed E-state index contributed by atoms with van der Waals surface area (Å²) in [6, 6.07) is 8.61. The van der Waals surface area contributed by atoms with E-state index in [4.69, 9.17) is 15.2 Å². The molecular formula is C14H20N2O4. The van der Waals surface area contributed by atoms with Crippen LogP contribution < -0.4 is 11.1 Å². The van der Waals surface area contributed by atoms with Crippen molar-refractivity contribution in [2.75, 3.05) is 26.9 Å². The van der Waals surface area contributed by atoms with Gasteiger partial charge in [0.1, 0.15) is 12.6 Å². The van der Waals surface area contributed by atoms with Gasteiger partial charge in [-0.1, -0.05) is 30.3 Å². The number of ether oxygens (including phenoxy) is 2. The highest BCUT2D eigenvalue weighted by Gasteiger charge is 2.18. The average molecular weight is 280 g/mol. The first-order valence-electron chi connectivity index (χ1n) is 6.32. The van der Waals surface area contributed by atoms with Gasteiger partial charge in [-0.15, -0.1) is 0 Å². The number of primary amides is 1. The molecule has 1 aromatic carbocycles. The summed E-state index contributed by atoms with van der Waals surface area (Å²) < 4.78 is 9.87. The van der Waals surface area contributed by atoms with Crippen molar-refractivity contribution in [2.45, 2.75) is 12.5 Å². The minimum absolute atomic E-state index is 0.123. The fourth-order valence-electron chi connectivity index (χ4n) is 1.62. The number of hydrogen-bond donors (Lipinski definition) is 2. The van der Waals surface area contributed by atoms with Crippen molar-refractivity contribution in [3.63, 3.8) is 0 Å². The first-order chi connectivity index (χ1) is 9.63. The van der Waals surface area contributed by atoms with Crippen LogP contribution in [0.1, 0.15) is 5.56 Å². The molecule has 0 aliphatic carbocycles. The van der Waals surface area contributed by atoms with Crippen molar-refractivity contribution >= 4 is 11.8 Å². The number of rotatable bonds is 9. The van der Waals surface area contributed by atoms with E-state index in [0.29, 0.717) is 19.6 Å². The number of benzene rings is 1. The fraction of sp³-hybridized carbons (Fsp3) is 0.429. The van der Waals surface area contributed by atoms with Crippen LogP contribution in [0, 0.1) is 0 Å². The van der Waals surface area contributed by atoms with Gasteiger partial charge < -0.3 is 20.5 Å². The van der Waals surface area contributed by atoms with Gasteiger partial charge in [0.2, 0.25) is 11.8 Å². The number of amides is 2. The van der Waals surface area contributed by atoms with Crippen molar-refractivity contribution < 1.29 is 19.1 Å². The fourth-order valence-corrected chi connectivity index (χ4v) is 1.62. The van der Waals surface area contributed by atoms with Gasteiger partial charge in [0, 0.05) is 13.5 Å². The Kier molecular flexibility index (Phi) is 7.31. The Balaban J connectivity index is 2.43. The second-order valence-electron chi connectivity index (χ2n) is 4.26. The van der Waals surface area contributed by atoms with Crippen molar-refractivity contribution in [1.82, 2.24) is 5.32 Å². The van der Waals surface area contributed by atoms with E-state index in [1.165, 1.54) is 0 Å². The summed E-state index contributed by atoms with van der Waals surface area (Å²) in [7, 11) is 1.55. The molecule has 0 bridgehead atoms. The molecule has 2 amide bonds. The zero-order valence-corrected chi connectivity index (χ0v) is 11.5. The third-order valence-electron chi connectivity index (χ3n) is 2.63. The lowest BCUT2D eigenvalue weighted by molar-refractivity contribution is -0.130. The smallest absolute Gasteiger partial charge is 0.246 e. The molecule has 20 heavy (non-hydrogen) atoms. The summed E-state index contributed by atoms with van der Waals surface area (Å²) in [5.41, 5.74) is 6.22. The second-order valence-corrected chi connectivity index (χ2v) is 4.26. The van der Waals surface area contributed by atoms with E-state index in [-0.39, 0.29) is 12.5 Å². The highest BCUT2D eigenvalue weighted by atomic mass is 16.5. The molecule has 0 unspecified atom stereocenters.